The highest BCUT2D eigenvalue weighted by atomic mass is 19.1. The van der Waals surface area contributed by atoms with Gasteiger partial charge >= 0.3 is 12.1 Å². The molecule has 0 aliphatic carbocycles. The van der Waals surface area contributed by atoms with Gasteiger partial charge in [-0.3, -0.25) is 4.79 Å². The third-order valence-corrected chi connectivity index (χ3v) is 4.04. The minimum atomic E-state index is -1.28. The molecule has 3 rings (SSSR count). The van der Waals surface area contributed by atoms with E-state index in [4.69, 9.17) is 14.9 Å². The molecule has 0 spiro atoms. The van der Waals surface area contributed by atoms with Crippen LogP contribution in [-0.4, -0.2) is 23.9 Å². The van der Waals surface area contributed by atoms with E-state index in [-0.39, 0.29) is 45.5 Å². The molecule has 0 saturated heterocycles. The van der Waals surface area contributed by atoms with Gasteiger partial charge in [-0.2, -0.15) is 0 Å². The first-order valence-electron chi connectivity index (χ1n) is 8.73. The number of hydrogen-bond acceptors (Lipinski definition) is 6. The summed E-state index contributed by atoms with van der Waals surface area (Å²) < 4.78 is 29.4. The largest absolute Gasteiger partial charge is 0.490 e. The Bertz CT molecular complexity index is 1110. The number of benzene rings is 2. The fourth-order valence-corrected chi connectivity index (χ4v) is 2.90. The van der Waals surface area contributed by atoms with Crippen LogP contribution in [0.4, 0.5) is 9.18 Å². The number of nitrogens with two attached hydrogens (primary N) is 1. The van der Waals surface area contributed by atoms with Gasteiger partial charge in [-0.25, -0.2) is 14.0 Å². The first-order valence-corrected chi connectivity index (χ1v) is 8.73. The predicted molar refractivity (Wildman–Crippen MR) is 102 cm³/mol. The van der Waals surface area contributed by atoms with Crippen LogP contribution >= 0.6 is 0 Å². The van der Waals surface area contributed by atoms with Crippen LogP contribution in [0, 0.1) is 5.82 Å². The minimum absolute atomic E-state index is 0.0439. The maximum Gasteiger partial charge on any atom is 0.412 e. The van der Waals surface area contributed by atoms with E-state index in [0.29, 0.717) is 5.56 Å². The van der Waals surface area contributed by atoms with Crippen LogP contribution in [0.5, 0.6) is 5.75 Å². The molecular weight excluding hydrogens is 381 g/mol. The average molecular weight is 399 g/mol. The van der Waals surface area contributed by atoms with Gasteiger partial charge in [-0.15, -0.1) is 0 Å². The number of carbonyl (C=O) groups is 3. The molecular formula is C21H18FNO6. The Morgan fingerprint density at radius 3 is 2.31 bits per heavy atom. The predicted octanol–water partition coefficient (Wildman–Crippen LogP) is 4.46. The van der Waals surface area contributed by atoms with Crippen LogP contribution in [0.2, 0.25) is 0 Å². The number of ketones is 1. The minimum Gasteiger partial charge on any atom is -0.490 e. The maximum absolute atomic E-state index is 13.3. The fraction of sp³-hybridized carbons (Fsp3) is 0.190. The van der Waals surface area contributed by atoms with Crippen LogP contribution in [0.3, 0.4) is 0 Å². The number of carbonyl (C=O) groups excluding carboxylic acids is 3. The van der Waals surface area contributed by atoms with Crippen molar-refractivity contribution in [2.45, 2.75) is 26.9 Å². The van der Waals surface area contributed by atoms with Crippen molar-refractivity contribution in [2.75, 3.05) is 0 Å². The summed E-state index contributed by atoms with van der Waals surface area (Å²) in [6.45, 7) is 4.95. The third-order valence-electron chi connectivity index (χ3n) is 4.04. The van der Waals surface area contributed by atoms with E-state index in [0.717, 1.165) is 0 Å². The summed E-state index contributed by atoms with van der Waals surface area (Å²) in [5.41, 5.74) is 5.72. The van der Waals surface area contributed by atoms with E-state index < -0.39 is 17.9 Å². The van der Waals surface area contributed by atoms with Gasteiger partial charge in [0.1, 0.15) is 28.5 Å². The molecule has 0 aliphatic rings. The SMILES string of the molecule is CC(=O)c1cc2oc(-c3ccc(F)cc3)c(C(=O)OC(N)=O)c2cc1OC(C)C. The lowest BCUT2D eigenvalue weighted by Gasteiger charge is -2.13. The average Bonchev–Trinajstić information content (AvgIpc) is 2.98. The second-order valence-corrected chi connectivity index (χ2v) is 6.59. The zero-order chi connectivity index (χ0) is 21.3. The molecule has 8 heteroatoms. The summed E-state index contributed by atoms with van der Waals surface area (Å²) in [6, 6.07) is 8.13. The van der Waals surface area contributed by atoms with Crippen molar-refractivity contribution in [3.8, 4) is 17.1 Å². The Balaban J connectivity index is 2.31. The molecule has 2 aromatic carbocycles. The first-order chi connectivity index (χ1) is 13.7. The molecule has 150 valence electrons. The van der Waals surface area contributed by atoms with Crippen LogP contribution in [-0.2, 0) is 4.74 Å². The van der Waals surface area contributed by atoms with E-state index in [1.807, 2.05) is 0 Å². The third kappa shape index (κ3) is 4.11. The number of ether oxygens (including phenoxy) is 2. The smallest absolute Gasteiger partial charge is 0.412 e. The molecule has 7 nitrogen and oxygen atoms in total. The molecule has 0 fully saturated rings. The summed E-state index contributed by atoms with van der Waals surface area (Å²) in [5, 5.41) is 0.260. The Morgan fingerprint density at radius 1 is 1.10 bits per heavy atom. The zero-order valence-corrected chi connectivity index (χ0v) is 15.9. The van der Waals surface area contributed by atoms with Gasteiger partial charge in [0.25, 0.3) is 0 Å². The number of furan rings is 1. The number of Topliss-reactive ketones (excluding diaryl/α,β-unsaturated/α-hetero) is 1. The molecule has 0 radical (unpaired) electrons. The summed E-state index contributed by atoms with van der Waals surface area (Å²) in [6.07, 6.45) is -1.52. The lowest BCUT2D eigenvalue weighted by molar-refractivity contribution is 0.0640. The van der Waals surface area contributed by atoms with Gasteiger partial charge in [0.05, 0.1) is 11.7 Å². The van der Waals surface area contributed by atoms with Crippen molar-refractivity contribution in [2.24, 2.45) is 5.73 Å². The van der Waals surface area contributed by atoms with E-state index >= 15 is 0 Å². The van der Waals surface area contributed by atoms with Crippen molar-refractivity contribution in [1.29, 1.82) is 0 Å². The number of fused-ring (bicyclic) bond motifs is 1. The van der Waals surface area contributed by atoms with Gasteiger partial charge in [-0.05, 0) is 57.2 Å². The summed E-state index contributed by atoms with van der Waals surface area (Å²) >= 11 is 0. The van der Waals surface area contributed by atoms with Crippen LogP contribution in [0.1, 0.15) is 41.5 Å². The van der Waals surface area contributed by atoms with Gasteiger partial charge in [0, 0.05) is 10.9 Å². The van der Waals surface area contributed by atoms with Gasteiger partial charge in [0.2, 0.25) is 0 Å². The molecule has 0 unspecified atom stereocenters. The fourth-order valence-electron chi connectivity index (χ4n) is 2.90. The molecule has 0 saturated carbocycles. The second-order valence-electron chi connectivity index (χ2n) is 6.59. The second kappa shape index (κ2) is 7.75. The Labute approximate surface area is 165 Å². The number of rotatable bonds is 5. The molecule has 3 aromatic rings. The zero-order valence-electron chi connectivity index (χ0n) is 15.9. The lowest BCUT2D eigenvalue weighted by Crippen LogP contribution is -2.18. The number of esters is 1. The van der Waals surface area contributed by atoms with Crippen LogP contribution in [0.25, 0.3) is 22.3 Å². The highest BCUT2D eigenvalue weighted by Crippen LogP contribution is 2.38. The van der Waals surface area contributed by atoms with E-state index in [9.17, 15) is 18.8 Å². The molecule has 0 bridgehead atoms. The number of amides is 1. The highest BCUT2D eigenvalue weighted by molar-refractivity contribution is 6.12. The van der Waals surface area contributed by atoms with Crippen LogP contribution < -0.4 is 10.5 Å². The van der Waals surface area contributed by atoms with Crippen molar-refractivity contribution in [3.05, 3.63) is 53.3 Å². The van der Waals surface area contributed by atoms with Crippen molar-refractivity contribution >= 4 is 28.8 Å². The van der Waals surface area contributed by atoms with Crippen molar-refractivity contribution in [3.63, 3.8) is 0 Å². The Morgan fingerprint density at radius 2 is 1.76 bits per heavy atom. The Kier molecular flexibility index (Phi) is 5.36. The normalized spacial score (nSPS) is 10.9. The van der Waals surface area contributed by atoms with E-state index in [1.165, 1.54) is 43.3 Å². The molecule has 29 heavy (non-hydrogen) atoms. The number of primary amides is 1. The summed E-state index contributed by atoms with van der Waals surface area (Å²) in [7, 11) is 0. The van der Waals surface area contributed by atoms with Gasteiger partial charge in [-0.1, -0.05) is 0 Å². The highest BCUT2D eigenvalue weighted by Gasteiger charge is 2.27. The quantitative estimate of drug-likeness (QED) is 0.385. The topological polar surface area (TPSA) is 109 Å². The molecule has 1 aromatic heterocycles. The Hall–Kier alpha value is -3.68. The lowest BCUT2D eigenvalue weighted by atomic mass is 10.0. The molecule has 2 N–H and O–H groups in total. The standard InChI is InChI=1S/C21H18FNO6/c1-10(2)27-16-9-15-17(8-14(16)11(3)24)28-19(12-4-6-13(22)7-5-12)18(15)20(25)29-21(23)26/h4-10H,1-3H3,(H2,23,26). The number of halogens is 1. The summed E-state index contributed by atoms with van der Waals surface area (Å²) in [4.78, 5) is 35.8. The van der Waals surface area contributed by atoms with Crippen LogP contribution in [0.15, 0.2) is 40.8 Å². The van der Waals surface area contributed by atoms with Gasteiger partial charge in [0.15, 0.2) is 5.78 Å². The molecule has 1 amide bonds. The first kappa shape index (κ1) is 20.1. The van der Waals surface area contributed by atoms with Gasteiger partial charge < -0.3 is 19.6 Å². The van der Waals surface area contributed by atoms with Crippen molar-refractivity contribution < 1.29 is 32.7 Å². The number of hydrogen-bond donors (Lipinski definition) is 1. The molecule has 0 aliphatic heterocycles. The van der Waals surface area contributed by atoms with Crippen molar-refractivity contribution in [1.82, 2.24) is 0 Å². The summed E-state index contributed by atoms with van der Waals surface area (Å²) in [5.74, 6) is -1.48. The van der Waals surface area contributed by atoms with E-state index in [2.05, 4.69) is 4.74 Å². The van der Waals surface area contributed by atoms with E-state index in [1.54, 1.807) is 13.8 Å². The molecule has 1 heterocycles. The monoisotopic (exact) mass is 399 g/mol. The maximum atomic E-state index is 13.3. The molecule has 0 atom stereocenters.